The van der Waals surface area contributed by atoms with E-state index in [0.29, 0.717) is 34.0 Å². The van der Waals surface area contributed by atoms with Crippen molar-refractivity contribution < 1.29 is 14.4 Å². The molecule has 0 saturated carbocycles. The lowest BCUT2D eigenvalue weighted by atomic mass is 9.85. The number of hydrogen-bond donors (Lipinski definition) is 2. The summed E-state index contributed by atoms with van der Waals surface area (Å²) in [6.45, 7) is 5.38. The number of carbonyl (C=O) groups is 1. The molecular weight excluding hydrogens is 352 g/mol. The number of nitrogens with zero attached hydrogens (tertiary/aromatic N) is 1. The van der Waals surface area contributed by atoms with Gasteiger partial charge in [0.25, 0.3) is 0 Å². The van der Waals surface area contributed by atoms with Crippen molar-refractivity contribution in [1.29, 1.82) is 0 Å². The Morgan fingerprint density at radius 3 is 2.46 bits per heavy atom. The van der Waals surface area contributed by atoms with Crippen LogP contribution in [-0.2, 0) is 10.4 Å². The summed E-state index contributed by atoms with van der Waals surface area (Å²) < 4.78 is 5.25. The molecule has 0 saturated heterocycles. The van der Waals surface area contributed by atoms with Gasteiger partial charge in [0, 0.05) is 21.8 Å². The lowest BCUT2D eigenvalue weighted by Gasteiger charge is -2.27. The third-order valence-corrected chi connectivity index (χ3v) is 4.74. The van der Waals surface area contributed by atoms with Crippen LogP contribution in [0.1, 0.15) is 29.5 Å². The molecule has 1 amide bonds. The summed E-state index contributed by atoms with van der Waals surface area (Å²) in [6, 6.07) is 12.4. The number of nitrogens with one attached hydrogen (secondary N) is 1. The van der Waals surface area contributed by atoms with Crippen LogP contribution in [0, 0.1) is 13.8 Å². The van der Waals surface area contributed by atoms with Crippen LogP contribution in [0.4, 0.5) is 5.69 Å². The maximum atomic E-state index is 11.3. The molecule has 5 nitrogen and oxygen atoms in total. The molecule has 0 spiro atoms. The maximum absolute atomic E-state index is 11.3. The number of rotatable bonds is 5. The average Bonchev–Trinajstić information content (AvgIpc) is 2.94. The van der Waals surface area contributed by atoms with Crippen LogP contribution in [0.5, 0.6) is 0 Å². The molecule has 134 valence electrons. The Balaban J connectivity index is 2.18. The molecule has 0 aliphatic rings. The molecule has 2 N–H and O–H groups in total. The second kappa shape index (κ2) is 6.94. The Morgan fingerprint density at radius 1 is 1.19 bits per heavy atom. The molecule has 6 heteroatoms. The highest BCUT2D eigenvalue weighted by Crippen LogP contribution is 2.38. The predicted octanol–water partition coefficient (Wildman–Crippen LogP) is 4.44. The first-order valence-electron chi connectivity index (χ1n) is 8.11. The summed E-state index contributed by atoms with van der Waals surface area (Å²) in [5.41, 5.74) is 2.88. The molecule has 3 aromatic rings. The van der Waals surface area contributed by atoms with Gasteiger partial charge in [-0.15, -0.1) is 0 Å². The Hall–Kier alpha value is -2.63. The molecule has 26 heavy (non-hydrogen) atoms. The molecule has 3 rings (SSSR count). The van der Waals surface area contributed by atoms with E-state index in [-0.39, 0.29) is 0 Å². The van der Waals surface area contributed by atoms with Gasteiger partial charge < -0.3 is 14.9 Å². The number of carbonyl (C=O) groups excluding carboxylic acids is 1. The van der Waals surface area contributed by atoms with E-state index in [4.69, 9.17) is 16.1 Å². The highest BCUT2D eigenvalue weighted by atomic mass is 35.5. The lowest BCUT2D eigenvalue weighted by Crippen LogP contribution is -2.24. The minimum Gasteiger partial charge on any atom is -0.381 e. The Bertz CT molecular complexity index is 927. The van der Waals surface area contributed by atoms with Crippen molar-refractivity contribution in [3.8, 4) is 11.1 Å². The van der Waals surface area contributed by atoms with Crippen molar-refractivity contribution in [2.75, 3.05) is 5.32 Å². The molecular formula is C20H19ClN2O3. The summed E-state index contributed by atoms with van der Waals surface area (Å²) >= 11 is 5.96. The van der Waals surface area contributed by atoms with E-state index in [0.717, 1.165) is 16.8 Å². The number of aryl methyl sites for hydroxylation is 2. The van der Waals surface area contributed by atoms with Crippen molar-refractivity contribution in [3.63, 3.8) is 0 Å². The minimum absolute atomic E-state index is 0.524. The molecule has 0 radical (unpaired) electrons. The smallest absolute Gasteiger partial charge is 0.211 e. The number of anilines is 1. The number of hydrogen-bond acceptors (Lipinski definition) is 4. The number of aliphatic hydroxyl groups is 1. The maximum Gasteiger partial charge on any atom is 0.211 e. The zero-order valence-corrected chi connectivity index (χ0v) is 15.5. The summed E-state index contributed by atoms with van der Waals surface area (Å²) in [4.78, 5) is 11.0. The van der Waals surface area contributed by atoms with Gasteiger partial charge in [-0.25, -0.2) is 0 Å². The van der Waals surface area contributed by atoms with E-state index < -0.39 is 5.60 Å². The second-order valence-electron chi connectivity index (χ2n) is 6.30. The molecule has 0 aliphatic carbocycles. The van der Waals surface area contributed by atoms with E-state index in [1.165, 1.54) is 0 Å². The molecule has 1 atom stereocenters. The van der Waals surface area contributed by atoms with Crippen LogP contribution >= 0.6 is 11.6 Å². The summed E-state index contributed by atoms with van der Waals surface area (Å²) in [6.07, 6.45) is 0.590. The minimum atomic E-state index is -1.34. The molecule has 0 fully saturated rings. The first kappa shape index (κ1) is 18.2. The van der Waals surface area contributed by atoms with Crippen LogP contribution in [0.2, 0.25) is 5.02 Å². The number of benzene rings is 2. The SMILES string of the molecule is Cc1noc(C)c1-c1ccc(NC=O)c(C(C)(O)c2ccc(Cl)cc2)c1. The fourth-order valence-electron chi connectivity index (χ4n) is 3.12. The van der Waals surface area contributed by atoms with Crippen molar-refractivity contribution >= 4 is 23.7 Å². The zero-order valence-electron chi connectivity index (χ0n) is 14.7. The van der Waals surface area contributed by atoms with Crippen molar-refractivity contribution in [2.45, 2.75) is 26.4 Å². The molecule has 1 heterocycles. The first-order valence-corrected chi connectivity index (χ1v) is 8.48. The summed E-state index contributed by atoms with van der Waals surface area (Å²) in [7, 11) is 0. The van der Waals surface area contributed by atoms with Crippen molar-refractivity contribution in [1.82, 2.24) is 5.16 Å². The normalized spacial score (nSPS) is 13.3. The quantitative estimate of drug-likeness (QED) is 0.651. The van der Waals surface area contributed by atoms with Crippen LogP contribution in [0.15, 0.2) is 47.0 Å². The molecule has 1 unspecified atom stereocenters. The van der Waals surface area contributed by atoms with Crippen LogP contribution in [-0.4, -0.2) is 16.7 Å². The zero-order chi connectivity index (χ0) is 18.9. The number of halogens is 1. The first-order chi connectivity index (χ1) is 12.3. The van der Waals surface area contributed by atoms with E-state index in [9.17, 15) is 9.90 Å². The Kier molecular flexibility index (Phi) is 4.85. The third kappa shape index (κ3) is 3.23. The van der Waals surface area contributed by atoms with Gasteiger partial charge in [-0.05, 0) is 56.2 Å². The van der Waals surface area contributed by atoms with E-state index >= 15 is 0 Å². The number of amides is 1. The van der Waals surface area contributed by atoms with E-state index in [1.807, 2.05) is 26.0 Å². The highest BCUT2D eigenvalue weighted by molar-refractivity contribution is 6.30. The van der Waals surface area contributed by atoms with Gasteiger partial charge in [-0.2, -0.15) is 0 Å². The summed E-state index contributed by atoms with van der Waals surface area (Å²) in [5.74, 6) is 0.690. The third-order valence-electron chi connectivity index (χ3n) is 4.49. The Labute approximate surface area is 156 Å². The highest BCUT2D eigenvalue weighted by Gasteiger charge is 2.29. The van der Waals surface area contributed by atoms with Gasteiger partial charge in [-0.1, -0.05) is 35.0 Å². The van der Waals surface area contributed by atoms with Crippen LogP contribution < -0.4 is 5.32 Å². The van der Waals surface area contributed by atoms with E-state index in [1.54, 1.807) is 37.3 Å². The summed E-state index contributed by atoms with van der Waals surface area (Å²) in [5, 5.41) is 18.5. The molecule has 0 aliphatic heterocycles. The number of aromatic nitrogens is 1. The average molecular weight is 371 g/mol. The largest absolute Gasteiger partial charge is 0.381 e. The van der Waals surface area contributed by atoms with Gasteiger partial charge in [-0.3, -0.25) is 4.79 Å². The van der Waals surface area contributed by atoms with Gasteiger partial charge in [0.1, 0.15) is 11.4 Å². The second-order valence-corrected chi connectivity index (χ2v) is 6.74. The fraction of sp³-hybridized carbons (Fsp3) is 0.200. The van der Waals surface area contributed by atoms with E-state index in [2.05, 4.69) is 10.5 Å². The Morgan fingerprint density at radius 2 is 1.88 bits per heavy atom. The van der Waals surface area contributed by atoms with Crippen LogP contribution in [0.3, 0.4) is 0 Å². The van der Waals surface area contributed by atoms with Gasteiger partial charge in [0.15, 0.2) is 0 Å². The van der Waals surface area contributed by atoms with Gasteiger partial charge in [0.05, 0.1) is 5.69 Å². The predicted molar refractivity (Wildman–Crippen MR) is 101 cm³/mol. The standard InChI is InChI=1S/C20H19ClN2O3/c1-12-19(13(2)26-23-12)14-4-9-18(22-11-24)17(10-14)20(3,25)15-5-7-16(21)8-6-15/h4-11,25H,1-3H3,(H,22,24). The molecule has 1 aromatic heterocycles. The monoisotopic (exact) mass is 370 g/mol. The van der Waals surface area contributed by atoms with Gasteiger partial charge in [0.2, 0.25) is 6.41 Å². The topological polar surface area (TPSA) is 75.4 Å². The molecule has 2 aromatic carbocycles. The van der Waals surface area contributed by atoms with Crippen molar-refractivity contribution in [3.05, 3.63) is 70.1 Å². The molecule has 0 bridgehead atoms. The van der Waals surface area contributed by atoms with Crippen LogP contribution in [0.25, 0.3) is 11.1 Å². The van der Waals surface area contributed by atoms with Gasteiger partial charge >= 0.3 is 0 Å². The lowest BCUT2D eigenvalue weighted by molar-refractivity contribution is -0.105. The van der Waals surface area contributed by atoms with Crippen molar-refractivity contribution in [2.24, 2.45) is 0 Å². The fourth-order valence-corrected chi connectivity index (χ4v) is 3.24.